The van der Waals surface area contributed by atoms with Crippen LogP contribution in [0.25, 0.3) is 6.08 Å². The Morgan fingerprint density at radius 3 is 2.64 bits per heavy atom. The van der Waals surface area contributed by atoms with Gasteiger partial charge in [-0.15, -0.1) is 0 Å². The van der Waals surface area contributed by atoms with Gasteiger partial charge >= 0.3 is 0 Å². The lowest BCUT2D eigenvalue weighted by Gasteiger charge is -2.42. The maximum atomic E-state index is 12.9. The molecule has 33 heavy (non-hydrogen) atoms. The van der Waals surface area contributed by atoms with Crippen LogP contribution in [0.5, 0.6) is 5.75 Å². The van der Waals surface area contributed by atoms with Crippen LogP contribution in [-0.4, -0.2) is 33.3 Å². The molecule has 5 rings (SSSR count). The molecular formula is C25H26N2O4S2. The molecule has 8 heteroatoms. The first-order valence-corrected chi connectivity index (χ1v) is 12.6. The van der Waals surface area contributed by atoms with E-state index in [-0.39, 0.29) is 18.2 Å². The second-order valence-electron chi connectivity index (χ2n) is 8.99. The molecule has 3 heterocycles. The Morgan fingerprint density at radius 1 is 1.12 bits per heavy atom. The fraction of sp³-hybridized carbons (Fsp3) is 0.400. The number of amides is 1. The molecule has 172 valence electrons. The summed E-state index contributed by atoms with van der Waals surface area (Å²) in [5, 5.41) is 9.34. The third kappa shape index (κ3) is 4.73. The first-order chi connectivity index (χ1) is 16.0. The highest BCUT2D eigenvalue weighted by Crippen LogP contribution is 2.38. The van der Waals surface area contributed by atoms with E-state index in [0.717, 1.165) is 36.8 Å². The van der Waals surface area contributed by atoms with Gasteiger partial charge < -0.3 is 14.4 Å². The number of fused-ring (bicyclic) bond motifs is 1. The average molecular weight is 483 g/mol. The van der Waals surface area contributed by atoms with E-state index in [1.54, 1.807) is 0 Å². The summed E-state index contributed by atoms with van der Waals surface area (Å²) in [6.45, 7) is 2.32. The van der Waals surface area contributed by atoms with Crippen LogP contribution in [0.1, 0.15) is 43.4 Å². The SMILES string of the molecule is O=C1C(=Cc2ccc(N3CCC4CCCCC4C3)cc2)SC(=S)N1Cc1cc(=O)c(O)co1. The Balaban J connectivity index is 1.26. The molecule has 2 aliphatic heterocycles. The van der Waals surface area contributed by atoms with E-state index in [9.17, 15) is 14.7 Å². The van der Waals surface area contributed by atoms with Gasteiger partial charge in [-0.05, 0) is 48.4 Å². The van der Waals surface area contributed by atoms with Crippen LogP contribution in [0.15, 0.2) is 50.7 Å². The number of rotatable bonds is 4. The molecule has 1 aliphatic carbocycles. The topological polar surface area (TPSA) is 74.0 Å². The highest BCUT2D eigenvalue weighted by Gasteiger charge is 2.33. The molecule has 1 N–H and O–H groups in total. The van der Waals surface area contributed by atoms with Crippen molar-refractivity contribution in [3.05, 3.63) is 63.0 Å². The molecule has 1 aromatic heterocycles. The normalized spacial score (nSPS) is 24.4. The molecule has 6 nitrogen and oxygen atoms in total. The molecule has 1 aromatic carbocycles. The Labute approximate surface area is 202 Å². The quantitative estimate of drug-likeness (QED) is 0.497. The number of anilines is 1. The van der Waals surface area contributed by atoms with Crippen LogP contribution in [0, 0.1) is 11.8 Å². The lowest BCUT2D eigenvalue weighted by Crippen LogP contribution is -2.41. The summed E-state index contributed by atoms with van der Waals surface area (Å²) in [4.78, 5) is 29.0. The van der Waals surface area contributed by atoms with E-state index in [2.05, 4.69) is 17.0 Å². The van der Waals surface area contributed by atoms with Crippen LogP contribution in [-0.2, 0) is 11.3 Å². The summed E-state index contributed by atoms with van der Waals surface area (Å²) in [5.74, 6) is 1.32. The van der Waals surface area contributed by atoms with Gasteiger partial charge in [-0.25, -0.2) is 0 Å². The first-order valence-electron chi connectivity index (χ1n) is 11.4. The third-order valence-corrected chi connectivity index (χ3v) is 8.28. The lowest BCUT2D eigenvalue weighted by atomic mass is 9.75. The average Bonchev–Trinajstić information content (AvgIpc) is 3.09. The van der Waals surface area contributed by atoms with Crippen molar-refractivity contribution < 1.29 is 14.3 Å². The number of thiocarbonyl (C=S) groups is 1. The van der Waals surface area contributed by atoms with Crippen molar-refractivity contribution in [3.8, 4) is 5.75 Å². The Bertz CT molecular complexity index is 1160. The largest absolute Gasteiger partial charge is 0.502 e. The minimum Gasteiger partial charge on any atom is -0.502 e. The van der Waals surface area contributed by atoms with Gasteiger partial charge in [0.25, 0.3) is 5.91 Å². The zero-order chi connectivity index (χ0) is 22.9. The summed E-state index contributed by atoms with van der Waals surface area (Å²) in [6.07, 6.45) is 9.63. The van der Waals surface area contributed by atoms with Gasteiger partial charge in [-0.1, -0.05) is 55.4 Å². The minimum absolute atomic E-state index is 0.0492. The number of piperidine rings is 1. The predicted octanol–water partition coefficient (Wildman–Crippen LogP) is 4.76. The fourth-order valence-corrected chi connectivity index (χ4v) is 6.34. The van der Waals surface area contributed by atoms with Gasteiger partial charge in [-0.3, -0.25) is 14.5 Å². The Kier molecular flexibility index (Phi) is 6.29. The zero-order valence-corrected chi connectivity index (χ0v) is 19.9. The molecule has 2 saturated heterocycles. The first kappa shape index (κ1) is 22.2. The summed E-state index contributed by atoms with van der Waals surface area (Å²) in [5.41, 5.74) is 1.64. The van der Waals surface area contributed by atoms with Crippen LogP contribution in [0.2, 0.25) is 0 Å². The van der Waals surface area contributed by atoms with Crippen molar-refractivity contribution >= 4 is 46.0 Å². The van der Waals surface area contributed by atoms with Crippen molar-refractivity contribution in [1.29, 1.82) is 0 Å². The number of aromatic hydroxyl groups is 1. The maximum absolute atomic E-state index is 12.9. The molecule has 1 saturated carbocycles. The van der Waals surface area contributed by atoms with Crippen molar-refractivity contribution in [2.24, 2.45) is 11.8 Å². The monoisotopic (exact) mass is 482 g/mol. The Hall–Kier alpha value is -2.58. The molecular weight excluding hydrogens is 456 g/mol. The Morgan fingerprint density at radius 2 is 1.88 bits per heavy atom. The minimum atomic E-state index is -0.551. The van der Waals surface area contributed by atoms with Gasteiger partial charge in [0.1, 0.15) is 16.3 Å². The standard InChI is InChI=1S/C25H26N2O4S2/c28-21-12-20(31-15-22(21)29)14-27-24(30)23(33-25(27)32)11-16-5-7-19(8-6-16)26-10-9-17-3-1-2-4-18(17)13-26/h5-8,11-12,15,17-18,29H,1-4,9-10,13-14H2. The second-order valence-corrected chi connectivity index (χ2v) is 10.7. The number of hydrogen-bond donors (Lipinski definition) is 1. The fourth-order valence-electron chi connectivity index (χ4n) is 5.09. The highest BCUT2D eigenvalue weighted by molar-refractivity contribution is 8.26. The number of thioether (sulfide) groups is 1. The van der Waals surface area contributed by atoms with E-state index < -0.39 is 11.2 Å². The summed E-state index contributed by atoms with van der Waals surface area (Å²) in [6, 6.07) is 9.55. The molecule has 0 bridgehead atoms. The molecule has 0 radical (unpaired) electrons. The molecule has 2 aromatic rings. The van der Waals surface area contributed by atoms with Gasteiger partial charge in [-0.2, -0.15) is 0 Å². The number of carbonyl (C=O) groups is 1. The van der Waals surface area contributed by atoms with Crippen molar-refractivity contribution in [3.63, 3.8) is 0 Å². The number of benzene rings is 1. The summed E-state index contributed by atoms with van der Waals surface area (Å²) in [7, 11) is 0. The van der Waals surface area contributed by atoms with E-state index in [4.69, 9.17) is 16.6 Å². The molecule has 2 atom stereocenters. The number of nitrogens with zero attached hydrogens (tertiary/aromatic N) is 2. The van der Waals surface area contributed by atoms with E-state index in [0.29, 0.717) is 9.23 Å². The van der Waals surface area contributed by atoms with Crippen molar-refractivity contribution in [2.75, 3.05) is 18.0 Å². The molecule has 3 fully saturated rings. The van der Waals surface area contributed by atoms with Crippen LogP contribution >= 0.6 is 24.0 Å². The smallest absolute Gasteiger partial charge is 0.266 e. The summed E-state index contributed by atoms with van der Waals surface area (Å²) < 4.78 is 5.63. The second kappa shape index (κ2) is 9.35. The van der Waals surface area contributed by atoms with Crippen LogP contribution in [0.4, 0.5) is 5.69 Å². The molecule has 0 spiro atoms. The highest BCUT2D eigenvalue weighted by atomic mass is 32.2. The van der Waals surface area contributed by atoms with Crippen molar-refractivity contribution in [2.45, 2.75) is 38.6 Å². The van der Waals surface area contributed by atoms with E-state index >= 15 is 0 Å². The summed E-state index contributed by atoms with van der Waals surface area (Å²) >= 11 is 6.61. The molecule has 2 unspecified atom stereocenters. The third-order valence-electron chi connectivity index (χ3n) is 6.90. The van der Waals surface area contributed by atoms with Gasteiger partial charge in [0.2, 0.25) is 5.43 Å². The lowest BCUT2D eigenvalue weighted by molar-refractivity contribution is -0.122. The van der Waals surface area contributed by atoms with Crippen LogP contribution in [0.3, 0.4) is 0 Å². The van der Waals surface area contributed by atoms with Gasteiger partial charge in [0.15, 0.2) is 5.75 Å². The van der Waals surface area contributed by atoms with Crippen molar-refractivity contribution in [1.82, 2.24) is 4.90 Å². The number of hydrogen-bond acceptors (Lipinski definition) is 7. The van der Waals surface area contributed by atoms with Gasteiger partial charge in [0, 0.05) is 24.8 Å². The van der Waals surface area contributed by atoms with E-state index in [1.807, 2.05) is 18.2 Å². The maximum Gasteiger partial charge on any atom is 0.266 e. The van der Waals surface area contributed by atoms with Crippen LogP contribution < -0.4 is 10.3 Å². The van der Waals surface area contributed by atoms with Gasteiger partial charge in [0.05, 0.1) is 11.4 Å². The predicted molar refractivity (Wildman–Crippen MR) is 134 cm³/mol. The molecule has 1 amide bonds. The molecule has 3 aliphatic rings. The zero-order valence-electron chi connectivity index (χ0n) is 18.2. The number of carbonyl (C=O) groups excluding carboxylic acids is 1. The van der Waals surface area contributed by atoms with E-state index in [1.165, 1.54) is 60.5 Å².